The van der Waals surface area contributed by atoms with E-state index in [1.807, 2.05) is 0 Å². The second-order valence-corrected chi connectivity index (χ2v) is 5.12. The van der Waals surface area contributed by atoms with Crippen molar-refractivity contribution in [3.8, 4) is 0 Å². The molecule has 0 amide bonds. The summed E-state index contributed by atoms with van der Waals surface area (Å²) < 4.78 is 13.4. The van der Waals surface area contributed by atoms with E-state index in [-0.39, 0.29) is 11.2 Å². The van der Waals surface area contributed by atoms with Crippen LogP contribution in [0.4, 0.5) is 10.1 Å². The number of hydrogen-bond donors (Lipinski definition) is 2. The summed E-state index contributed by atoms with van der Waals surface area (Å²) in [6.07, 6.45) is 0.891. The molecule has 0 fully saturated rings. The summed E-state index contributed by atoms with van der Waals surface area (Å²) in [6, 6.07) is 4.49. The summed E-state index contributed by atoms with van der Waals surface area (Å²) in [5.74, 6) is -0.284. The molecule has 2 nitrogen and oxygen atoms in total. The Morgan fingerprint density at radius 3 is 2.75 bits per heavy atom. The van der Waals surface area contributed by atoms with Crippen molar-refractivity contribution in [2.45, 2.75) is 20.3 Å². The second-order valence-electron chi connectivity index (χ2n) is 4.68. The number of benzene rings is 1. The van der Waals surface area contributed by atoms with E-state index in [0.29, 0.717) is 23.8 Å². The molecule has 4 heteroatoms. The lowest BCUT2D eigenvalue weighted by atomic mass is 9.89. The summed E-state index contributed by atoms with van der Waals surface area (Å²) in [7, 11) is 0. The Morgan fingerprint density at radius 2 is 2.12 bits per heavy atom. The molecule has 1 rings (SSSR count). The lowest BCUT2D eigenvalue weighted by molar-refractivity contribution is 0.364. The minimum atomic E-state index is -0.284. The first-order valence-electron chi connectivity index (χ1n) is 5.33. The highest BCUT2D eigenvalue weighted by Crippen LogP contribution is 2.23. The monoisotopic (exact) mass is 244 g/mol. The van der Waals surface area contributed by atoms with Crippen LogP contribution in [0, 0.1) is 11.2 Å². The fourth-order valence-electron chi connectivity index (χ4n) is 1.45. The molecule has 0 atom stereocenters. The Bertz CT molecular complexity index is 353. The van der Waals surface area contributed by atoms with Crippen molar-refractivity contribution in [2.75, 3.05) is 18.4 Å². The highest BCUT2D eigenvalue weighted by atomic mass is 35.5. The quantitative estimate of drug-likeness (QED) is 0.834. The summed E-state index contributed by atoms with van der Waals surface area (Å²) in [5, 5.41) is 3.59. The third-order valence-corrected chi connectivity index (χ3v) is 2.74. The average molecular weight is 245 g/mol. The molecule has 0 unspecified atom stereocenters. The number of anilines is 1. The van der Waals surface area contributed by atoms with Crippen molar-refractivity contribution < 1.29 is 4.39 Å². The van der Waals surface area contributed by atoms with Crippen LogP contribution in [0.1, 0.15) is 20.3 Å². The van der Waals surface area contributed by atoms with E-state index >= 15 is 0 Å². The van der Waals surface area contributed by atoms with E-state index < -0.39 is 0 Å². The standard InChI is InChI=1S/C12H18ClFN2/c1-12(2,5-6-15)8-16-11-7-9(13)3-4-10(11)14/h3-4,7,16H,5-6,8,15H2,1-2H3. The molecule has 0 radical (unpaired) electrons. The van der Waals surface area contributed by atoms with Gasteiger partial charge in [-0.1, -0.05) is 25.4 Å². The zero-order valence-corrected chi connectivity index (χ0v) is 10.4. The van der Waals surface area contributed by atoms with Crippen molar-refractivity contribution in [1.82, 2.24) is 0 Å². The summed E-state index contributed by atoms with van der Waals surface area (Å²) in [5.41, 5.74) is 6.00. The fraction of sp³-hybridized carbons (Fsp3) is 0.500. The van der Waals surface area contributed by atoms with Gasteiger partial charge in [0.15, 0.2) is 0 Å². The first-order valence-corrected chi connectivity index (χ1v) is 5.71. The zero-order valence-electron chi connectivity index (χ0n) is 9.69. The molecule has 3 N–H and O–H groups in total. The maximum absolute atomic E-state index is 13.4. The van der Waals surface area contributed by atoms with Crippen molar-refractivity contribution in [3.63, 3.8) is 0 Å². The zero-order chi connectivity index (χ0) is 12.2. The van der Waals surface area contributed by atoms with Crippen LogP contribution in [0.3, 0.4) is 0 Å². The molecule has 1 aromatic carbocycles. The Balaban J connectivity index is 2.63. The van der Waals surface area contributed by atoms with E-state index in [2.05, 4.69) is 19.2 Å². The van der Waals surface area contributed by atoms with E-state index in [9.17, 15) is 4.39 Å². The van der Waals surface area contributed by atoms with E-state index in [1.54, 1.807) is 6.07 Å². The highest BCUT2D eigenvalue weighted by molar-refractivity contribution is 6.30. The fourth-order valence-corrected chi connectivity index (χ4v) is 1.62. The molecular weight excluding hydrogens is 227 g/mol. The highest BCUT2D eigenvalue weighted by Gasteiger charge is 2.17. The van der Waals surface area contributed by atoms with Gasteiger partial charge < -0.3 is 11.1 Å². The Labute approximate surface area is 101 Å². The topological polar surface area (TPSA) is 38.0 Å². The van der Waals surface area contributed by atoms with Gasteiger partial charge in [-0.05, 0) is 36.6 Å². The van der Waals surface area contributed by atoms with Gasteiger partial charge >= 0.3 is 0 Å². The number of hydrogen-bond acceptors (Lipinski definition) is 2. The van der Waals surface area contributed by atoms with Gasteiger partial charge in [0, 0.05) is 11.6 Å². The molecule has 90 valence electrons. The van der Waals surface area contributed by atoms with Gasteiger partial charge in [-0.25, -0.2) is 4.39 Å². The average Bonchev–Trinajstić information content (AvgIpc) is 2.19. The predicted octanol–water partition coefficient (Wildman–Crippen LogP) is 3.27. The maximum atomic E-state index is 13.4. The van der Waals surface area contributed by atoms with Gasteiger partial charge in [0.2, 0.25) is 0 Å². The van der Waals surface area contributed by atoms with Crippen LogP contribution >= 0.6 is 11.6 Å². The molecule has 0 aliphatic carbocycles. The molecule has 16 heavy (non-hydrogen) atoms. The Kier molecular flexibility index (Phi) is 4.56. The first kappa shape index (κ1) is 13.3. The van der Waals surface area contributed by atoms with Crippen LogP contribution in [0.5, 0.6) is 0 Å². The number of nitrogens with two attached hydrogens (primary N) is 1. The van der Waals surface area contributed by atoms with Gasteiger partial charge in [0.05, 0.1) is 5.69 Å². The van der Waals surface area contributed by atoms with Crippen LogP contribution in [-0.4, -0.2) is 13.1 Å². The van der Waals surface area contributed by atoms with Gasteiger partial charge in [0.25, 0.3) is 0 Å². The number of nitrogens with one attached hydrogen (secondary N) is 1. The summed E-state index contributed by atoms with van der Waals surface area (Å²) >= 11 is 5.80. The third kappa shape index (κ3) is 3.99. The number of halogens is 2. The summed E-state index contributed by atoms with van der Waals surface area (Å²) in [4.78, 5) is 0. The van der Waals surface area contributed by atoms with E-state index in [4.69, 9.17) is 17.3 Å². The molecule has 0 bridgehead atoms. The Morgan fingerprint density at radius 1 is 1.44 bits per heavy atom. The van der Waals surface area contributed by atoms with Crippen LogP contribution < -0.4 is 11.1 Å². The molecule has 0 spiro atoms. The SMILES string of the molecule is CC(C)(CCN)CNc1cc(Cl)ccc1F. The maximum Gasteiger partial charge on any atom is 0.146 e. The van der Waals surface area contributed by atoms with Crippen LogP contribution in [0.25, 0.3) is 0 Å². The minimum absolute atomic E-state index is 0.0451. The van der Waals surface area contributed by atoms with Crippen LogP contribution in [0.15, 0.2) is 18.2 Å². The third-order valence-electron chi connectivity index (χ3n) is 2.51. The van der Waals surface area contributed by atoms with E-state index in [1.165, 1.54) is 12.1 Å². The van der Waals surface area contributed by atoms with Crippen molar-refractivity contribution >= 4 is 17.3 Å². The molecule has 0 heterocycles. The van der Waals surface area contributed by atoms with E-state index in [0.717, 1.165) is 6.42 Å². The first-order chi connectivity index (χ1) is 7.44. The molecular formula is C12H18ClFN2. The van der Waals surface area contributed by atoms with Crippen molar-refractivity contribution in [1.29, 1.82) is 0 Å². The molecule has 0 saturated carbocycles. The molecule has 0 aliphatic rings. The smallest absolute Gasteiger partial charge is 0.146 e. The van der Waals surface area contributed by atoms with Crippen molar-refractivity contribution in [3.05, 3.63) is 29.0 Å². The van der Waals surface area contributed by atoms with Crippen molar-refractivity contribution in [2.24, 2.45) is 11.1 Å². The van der Waals surface area contributed by atoms with Gasteiger partial charge in [0.1, 0.15) is 5.82 Å². The second kappa shape index (κ2) is 5.51. The lowest BCUT2D eigenvalue weighted by Gasteiger charge is -2.25. The van der Waals surface area contributed by atoms with Gasteiger partial charge in [-0.2, -0.15) is 0 Å². The minimum Gasteiger partial charge on any atom is -0.382 e. The molecule has 1 aromatic rings. The molecule has 0 aliphatic heterocycles. The largest absolute Gasteiger partial charge is 0.382 e. The van der Waals surface area contributed by atoms with Gasteiger partial charge in [-0.3, -0.25) is 0 Å². The number of rotatable bonds is 5. The molecule has 0 saturated heterocycles. The molecule has 0 aromatic heterocycles. The Hall–Kier alpha value is -0.800. The van der Waals surface area contributed by atoms with Crippen LogP contribution in [-0.2, 0) is 0 Å². The predicted molar refractivity (Wildman–Crippen MR) is 67.4 cm³/mol. The normalized spacial score (nSPS) is 11.6. The van der Waals surface area contributed by atoms with Crippen LogP contribution in [0.2, 0.25) is 5.02 Å². The van der Waals surface area contributed by atoms with Gasteiger partial charge in [-0.15, -0.1) is 0 Å². The lowest BCUT2D eigenvalue weighted by Crippen LogP contribution is -2.26. The summed E-state index contributed by atoms with van der Waals surface area (Å²) in [6.45, 7) is 5.48.